The molecule has 0 spiro atoms. The van der Waals surface area contributed by atoms with Crippen molar-refractivity contribution in [3.63, 3.8) is 0 Å². The van der Waals surface area contributed by atoms with E-state index in [1.165, 1.54) is 9.78 Å². The average Bonchev–Trinajstić information content (AvgIpc) is 3.01. The van der Waals surface area contributed by atoms with Crippen LogP contribution in [0.2, 0.25) is 0 Å². The Morgan fingerprint density at radius 1 is 1.08 bits per heavy atom. The van der Waals surface area contributed by atoms with E-state index in [-0.39, 0.29) is 5.95 Å². The van der Waals surface area contributed by atoms with Gasteiger partial charge in [0.15, 0.2) is 5.82 Å². The van der Waals surface area contributed by atoms with E-state index in [0.29, 0.717) is 18.3 Å². The van der Waals surface area contributed by atoms with Crippen LogP contribution in [0.25, 0.3) is 0 Å². The highest BCUT2D eigenvalue weighted by molar-refractivity contribution is 7.09. The predicted octanol–water partition coefficient (Wildman–Crippen LogP) is 1.78. The molecule has 0 aliphatic carbocycles. The first-order valence-electron chi connectivity index (χ1n) is 7.77. The number of para-hydroxylation sites is 1. The summed E-state index contributed by atoms with van der Waals surface area (Å²) in [6.07, 6.45) is 0. The summed E-state index contributed by atoms with van der Waals surface area (Å²) < 4.78 is 0. The van der Waals surface area contributed by atoms with Gasteiger partial charge in [-0.15, -0.1) is 11.3 Å². The summed E-state index contributed by atoms with van der Waals surface area (Å²) in [6.45, 7) is 3.66. The lowest BCUT2D eigenvalue weighted by Gasteiger charge is -2.13. The second kappa shape index (κ2) is 7.37. The molecule has 0 amide bonds. The third-order valence-electron chi connectivity index (χ3n) is 3.61. The molecule has 1 aromatic carbocycles. The van der Waals surface area contributed by atoms with Crippen LogP contribution in [0, 0.1) is 6.92 Å². The lowest BCUT2D eigenvalue weighted by atomic mass is 10.2. The zero-order valence-corrected chi connectivity index (χ0v) is 14.6. The second-order valence-corrected chi connectivity index (χ2v) is 6.80. The van der Waals surface area contributed by atoms with Crippen LogP contribution in [-0.4, -0.2) is 22.0 Å². The lowest BCUT2D eigenvalue weighted by Crippen LogP contribution is -3.06. The van der Waals surface area contributed by atoms with Gasteiger partial charge in [-0.1, -0.05) is 24.3 Å². The van der Waals surface area contributed by atoms with E-state index < -0.39 is 0 Å². The van der Waals surface area contributed by atoms with Crippen LogP contribution in [-0.2, 0) is 13.1 Å². The zero-order chi connectivity index (χ0) is 16.9. The number of quaternary nitrogens is 1. The molecule has 3 rings (SSSR count). The van der Waals surface area contributed by atoms with Crippen LogP contribution in [0.3, 0.4) is 0 Å². The molecule has 0 radical (unpaired) electrons. The van der Waals surface area contributed by atoms with Crippen molar-refractivity contribution in [2.24, 2.45) is 0 Å². The molecule has 0 aliphatic heterocycles. The molecule has 0 bridgehead atoms. The molecule has 6 nitrogen and oxygen atoms in total. The van der Waals surface area contributed by atoms with Crippen molar-refractivity contribution in [3.8, 4) is 0 Å². The number of aromatic nitrogens is 3. The number of aryl methyl sites for hydroxylation is 1. The van der Waals surface area contributed by atoms with E-state index in [1.807, 2.05) is 31.2 Å². The van der Waals surface area contributed by atoms with Crippen LogP contribution in [0.15, 0.2) is 41.8 Å². The number of nitrogens with two attached hydrogens (primary N) is 1. The first kappa shape index (κ1) is 16.4. The predicted molar refractivity (Wildman–Crippen MR) is 97.3 cm³/mol. The number of thiophene rings is 1. The van der Waals surface area contributed by atoms with Crippen LogP contribution >= 0.6 is 11.3 Å². The van der Waals surface area contributed by atoms with Crippen LogP contribution in [0.4, 0.5) is 17.6 Å². The Balaban J connectivity index is 1.72. The Hall–Kier alpha value is -2.51. The first-order chi connectivity index (χ1) is 11.6. The Morgan fingerprint density at radius 2 is 1.92 bits per heavy atom. The molecular formula is C17H21N6S+. The maximum Gasteiger partial charge on any atom is 0.232 e. The molecule has 1 unspecified atom stereocenters. The van der Waals surface area contributed by atoms with Crippen molar-refractivity contribution in [3.05, 3.63) is 58.0 Å². The van der Waals surface area contributed by atoms with Gasteiger partial charge in [0, 0.05) is 5.69 Å². The standard InChI is InChI=1S/C17H20N6S/c1-12-6-3-4-8-14(12)19-17-21-15(20-16(18)22-17)11-23(2)10-13-7-5-9-24-13/h3-9H,10-11H2,1-2H3,(H3,18,19,20,21,22)/p+1. The number of anilines is 3. The summed E-state index contributed by atoms with van der Waals surface area (Å²) in [5.74, 6) is 1.41. The van der Waals surface area contributed by atoms with Crippen molar-refractivity contribution in [1.29, 1.82) is 0 Å². The van der Waals surface area contributed by atoms with E-state index in [0.717, 1.165) is 17.8 Å². The SMILES string of the molecule is Cc1ccccc1Nc1nc(N)nc(C[NH+](C)Cc2cccs2)n1. The molecule has 0 aliphatic rings. The normalized spacial score (nSPS) is 12.1. The Morgan fingerprint density at radius 3 is 2.67 bits per heavy atom. The minimum absolute atomic E-state index is 0.236. The topological polar surface area (TPSA) is 81.2 Å². The molecule has 2 aromatic heterocycles. The highest BCUT2D eigenvalue weighted by Gasteiger charge is 2.11. The Labute approximate surface area is 145 Å². The lowest BCUT2D eigenvalue weighted by molar-refractivity contribution is -0.908. The van der Waals surface area contributed by atoms with Crippen molar-refractivity contribution >= 4 is 28.9 Å². The van der Waals surface area contributed by atoms with Crippen LogP contribution in [0.1, 0.15) is 16.3 Å². The van der Waals surface area contributed by atoms with Gasteiger partial charge >= 0.3 is 0 Å². The minimum Gasteiger partial charge on any atom is -0.368 e. The zero-order valence-electron chi connectivity index (χ0n) is 13.8. The van der Waals surface area contributed by atoms with Crippen molar-refractivity contribution < 1.29 is 4.90 Å². The fourth-order valence-corrected chi connectivity index (χ4v) is 3.27. The molecule has 0 fully saturated rings. The fraction of sp³-hybridized carbons (Fsp3) is 0.235. The Kier molecular flexibility index (Phi) is 5.02. The van der Waals surface area contributed by atoms with Crippen molar-refractivity contribution in [2.75, 3.05) is 18.1 Å². The van der Waals surface area contributed by atoms with E-state index >= 15 is 0 Å². The quantitative estimate of drug-likeness (QED) is 0.637. The summed E-state index contributed by atoms with van der Waals surface area (Å²) in [6, 6.07) is 12.2. The monoisotopic (exact) mass is 341 g/mol. The number of nitrogens with one attached hydrogen (secondary N) is 2. The van der Waals surface area contributed by atoms with E-state index in [9.17, 15) is 0 Å². The Bertz CT molecular complexity index is 803. The van der Waals surface area contributed by atoms with Crippen molar-refractivity contribution in [2.45, 2.75) is 20.0 Å². The molecule has 0 saturated heterocycles. The third kappa shape index (κ3) is 4.27. The van der Waals surface area contributed by atoms with E-state index in [4.69, 9.17) is 5.73 Å². The fourth-order valence-electron chi connectivity index (χ4n) is 2.45. The number of rotatable bonds is 6. The number of hydrogen-bond acceptors (Lipinski definition) is 6. The van der Waals surface area contributed by atoms with Gasteiger partial charge in [-0.3, -0.25) is 0 Å². The molecular weight excluding hydrogens is 320 g/mol. The van der Waals surface area contributed by atoms with E-state index in [1.54, 1.807) is 11.3 Å². The van der Waals surface area contributed by atoms with Gasteiger partial charge in [-0.25, -0.2) is 0 Å². The number of nitrogen functional groups attached to an aromatic ring is 1. The number of benzene rings is 1. The molecule has 124 valence electrons. The van der Waals surface area contributed by atoms with Gasteiger partial charge in [0.25, 0.3) is 0 Å². The largest absolute Gasteiger partial charge is 0.368 e. The highest BCUT2D eigenvalue weighted by atomic mass is 32.1. The molecule has 7 heteroatoms. The minimum atomic E-state index is 0.236. The number of hydrogen-bond donors (Lipinski definition) is 3. The third-order valence-corrected chi connectivity index (χ3v) is 4.48. The van der Waals surface area contributed by atoms with Gasteiger partial charge in [0.2, 0.25) is 11.9 Å². The number of nitrogens with zero attached hydrogens (tertiary/aromatic N) is 3. The first-order valence-corrected chi connectivity index (χ1v) is 8.65. The summed E-state index contributed by atoms with van der Waals surface area (Å²) in [5.41, 5.74) is 7.94. The maximum absolute atomic E-state index is 5.85. The summed E-state index contributed by atoms with van der Waals surface area (Å²) in [4.78, 5) is 15.6. The van der Waals surface area contributed by atoms with Gasteiger partial charge < -0.3 is 16.0 Å². The maximum atomic E-state index is 5.85. The van der Waals surface area contributed by atoms with Crippen molar-refractivity contribution in [1.82, 2.24) is 15.0 Å². The summed E-state index contributed by atoms with van der Waals surface area (Å²) in [7, 11) is 2.12. The second-order valence-electron chi connectivity index (χ2n) is 5.76. The highest BCUT2D eigenvalue weighted by Crippen LogP contribution is 2.17. The molecule has 4 N–H and O–H groups in total. The summed E-state index contributed by atoms with van der Waals surface area (Å²) in [5, 5.41) is 5.31. The van der Waals surface area contributed by atoms with E-state index in [2.05, 4.69) is 44.8 Å². The van der Waals surface area contributed by atoms with Gasteiger partial charge in [-0.2, -0.15) is 15.0 Å². The van der Waals surface area contributed by atoms with Gasteiger partial charge in [-0.05, 0) is 30.0 Å². The average molecular weight is 341 g/mol. The summed E-state index contributed by atoms with van der Waals surface area (Å²) >= 11 is 1.76. The molecule has 3 aromatic rings. The molecule has 2 heterocycles. The van der Waals surface area contributed by atoms with Crippen LogP contribution < -0.4 is 16.0 Å². The van der Waals surface area contributed by atoms with Crippen LogP contribution in [0.5, 0.6) is 0 Å². The van der Waals surface area contributed by atoms with Gasteiger partial charge in [0.05, 0.1) is 11.9 Å². The molecule has 1 atom stereocenters. The van der Waals surface area contributed by atoms with Gasteiger partial charge in [0.1, 0.15) is 13.1 Å². The molecule has 0 saturated carbocycles. The smallest absolute Gasteiger partial charge is 0.232 e. The molecule has 24 heavy (non-hydrogen) atoms.